The van der Waals surface area contributed by atoms with Crippen LogP contribution < -0.4 is 5.32 Å². The number of carbonyl (C=O) groups is 1. The van der Waals surface area contributed by atoms with Crippen LogP contribution in [0.15, 0.2) is 35.6 Å². The van der Waals surface area contributed by atoms with Crippen LogP contribution in [0.2, 0.25) is 0 Å². The van der Waals surface area contributed by atoms with Crippen LogP contribution in [0, 0.1) is 0 Å². The molecule has 0 aromatic heterocycles. The lowest BCUT2D eigenvalue weighted by Crippen LogP contribution is -2.32. The van der Waals surface area contributed by atoms with E-state index in [4.69, 9.17) is 4.74 Å². The largest absolute Gasteiger partial charge is 0.358 e. The predicted octanol–water partition coefficient (Wildman–Crippen LogP) is 0.901. The van der Waals surface area contributed by atoms with Gasteiger partial charge < -0.3 is 10.1 Å². The van der Waals surface area contributed by atoms with Crippen LogP contribution in [-0.2, 0) is 9.53 Å². The van der Waals surface area contributed by atoms with E-state index in [-0.39, 0.29) is 12.0 Å². The summed E-state index contributed by atoms with van der Waals surface area (Å²) in [7, 11) is 1.64. The summed E-state index contributed by atoms with van der Waals surface area (Å²) in [5, 5.41) is 3.16. The second kappa shape index (κ2) is 3.18. The van der Waals surface area contributed by atoms with E-state index in [0.717, 1.165) is 11.3 Å². The zero-order valence-corrected chi connectivity index (χ0v) is 7.41. The molecular weight excluding hydrogens is 166 g/mol. The maximum atomic E-state index is 11.1. The van der Waals surface area contributed by atoms with Crippen LogP contribution in [0.1, 0.15) is 6.42 Å². The fourth-order valence-electron chi connectivity index (χ4n) is 1.46. The number of allylic oxidation sites excluding steroid dienone is 4. The Bertz CT molecular complexity index is 326. The molecule has 68 valence electrons. The molecule has 0 bridgehead atoms. The third-order valence-electron chi connectivity index (χ3n) is 2.17. The number of ketones is 1. The first kappa shape index (κ1) is 8.26. The van der Waals surface area contributed by atoms with Gasteiger partial charge in [-0.3, -0.25) is 4.79 Å². The highest BCUT2D eigenvalue weighted by atomic mass is 16.5. The van der Waals surface area contributed by atoms with Crippen molar-refractivity contribution in [2.45, 2.75) is 12.6 Å². The van der Waals surface area contributed by atoms with Crippen LogP contribution in [-0.4, -0.2) is 19.1 Å². The molecule has 3 nitrogen and oxygen atoms in total. The summed E-state index contributed by atoms with van der Waals surface area (Å²) in [5.41, 5.74) is 2.04. The molecule has 1 heterocycles. The Morgan fingerprint density at radius 1 is 1.46 bits per heavy atom. The molecule has 0 saturated carbocycles. The standard InChI is InChI=1S/C10H11NO2/c1-13-10-5-2-7-6-8(12)3-4-9(7)11-10/h2-5,10-11H,6H2,1H3. The van der Waals surface area contributed by atoms with E-state index in [0.29, 0.717) is 6.42 Å². The summed E-state index contributed by atoms with van der Waals surface area (Å²) in [6.45, 7) is 0. The predicted molar refractivity (Wildman–Crippen MR) is 48.9 cm³/mol. The van der Waals surface area contributed by atoms with E-state index in [9.17, 15) is 4.79 Å². The molecule has 1 atom stereocenters. The van der Waals surface area contributed by atoms with Gasteiger partial charge in [0.25, 0.3) is 0 Å². The van der Waals surface area contributed by atoms with Crippen LogP contribution >= 0.6 is 0 Å². The molecule has 13 heavy (non-hydrogen) atoms. The molecule has 3 heteroatoms. The molecule has 0 aromatic carbocycles. The van der Waals surface area contributed by atoms with Crippen LogP contribution in [0.25, 0.3) is 0 Å². The molecule has 0 radical (unpaired) electrons. The Kier molecular flexibility index (Phi) is 2.02. The minimum atomic E-state index is -0.0726. The summed E-state index contributed by atoms with van der Waals surface area (Å²) < 4.78 is 5.12. The zero-order valence-electron chi connectivity index (χ0n) is 7.41. The van der Waals surface area contributed by atoms with Crippen molar-refractivity contribution >= 4 is 5.78 Å². The van der Waals surface area contributed by atoms with Crippen molar-refractivity contribution in [1.82, 2.24) is 5.32 Å². The van der Waals surface area contributed by atoms with E-state index in [1.165, 1.54) is 0 Å². The Morgan fingerprint density at radius 2 is 2.31 bits per heavy atom. The quantitative estimate of drug-likeness (QED) is 0.646. The Balaban J connectivity index is 2.21. The van der Waals surface area contributed by atoms with E-state index >= 15 is 0 Å². The van der Waals surface area contributed by atoms with Gasteiger partial charge in [0.2, 0.25) is 0 Å². The van der Waals surface area contributed by atoms with Gasteiger partial charge in [-0.15, -0.1) is 0 Å². The SMILES string of the molecule is COC1C=CC2=C(C=CC(=O)C2)N1. The van der Waals surface area contributed by atoms with Gasteiger partial charge in [0.15, 0.2) is 5.78 Å². The molecule has 1 aliphatic heterocycles. The molecule has 1 aliphatic carbocycles. The topological polar surface area (TPSA) is 38.3 Å². The average molecular weight is 177 g/mol. The molecule has 1 unspecified atom stereocenters. The monoisotopic (exact) mass is 177 g/mol. The minimum absolute atomic E-state index is 0.0726. The first-order valence-corrected chi connectivity index (χ1v) is 4.21. The maximum Gasteiger partial charge on any atom is 0.160 e. The molecule has 1 N–H and O–H groups in total. The Labute approximate surface area is 76.8 Å². The smallest absolute Gasteiger partial charge is 0.160 e. The highest BCUT2D eigenvalue weighted by molar-refractivity contribution is 5.94. The maximum absolute atomic E-state index is 11.1. The molecule has 0 aromatic rings. The third-order valence-corrected chi connectivity index (χ3v) is 2.17. The lowest BCUT2D eigenvalue weighted by atomic mass is 9.98. The zero-order chi connectivity index (χ0) is 9.26. The molecule has 0 amide bonds. The summed E-state index contributed by atoms with van der Waals surface area (Å²) in [5.74, 6) is 0.154. The molecule has 2 aliphatic rings. The summed E-state index contributed by atoms with van der Waals surface area (Å²) in [6.07, 6.45) is 7.67. The second-order valence-corrected chi connectivity index (χ2v) is 3.08. The number of carbonyl (C=O) groups excluding carboxylic acids is 1. The summed E-state index contributed by atoms with van der Waals surface area (Å²) in [4.78, 5) is 11.1. The lowest BCUT2D eigenvalue weighted by molar-refractivity contribution is -0.114. The van der Waals surface area contributed by atoms with E-state index in [1.54, 1.807) is 19.3 Å². The van der Waals surface area contributed by atoms with Gasteiger partial charge >= 0.3 is 0 Å². The number of nitrogens with one attached hydrogen (secondary N) is 1. The fraction of sp³-hybridized carbons (Fsp3) is 0.300. The van der Waals surface area contributed by atoms with Crippen molar-refractivity contribution in [3.05, 3.63) is 35.6 Å². The van der Waals surface area contributed by atoms with Gasteiger partial charge in [-0.25, -0.2) is 0 Å². The molecule has 0 fully saturated rings. The Hall–Kier alpha value is -1.35. The van der Waals surface area contributed by atoms with Crippen molar-refractivity contribution in [2.24, 2.45) is 0 Å². The number of hydrogen-bond donors (Lipinski definition) is 1. The number of rotatable bonds is 1. The van der Waals surface area contributed by atoms with Crippen molar-refractivity contribution in [3.8, 4) is 0 Å². The van der Waals surface area contributed by atoms with Gasteiger partial charge in [-0.1, -0.05) is 6.08 Å². The van der Waals surface area contributed by atoms with Gasteiger partial charge in [0.05, 0.1) is 0 Å². The molecule has 0 spiro atoms. The van der Waals surface area contributed by atoms with E-state index in [1.807, 2.05) is 12.2 Å². The van der Waals surface area contributed by atoms with Crippen LogP contribution in [0.4, 0.5) is 0 Å². The normalized spacial score (nSPS) is 25.9. The second-order valence-electron chi connectivity index (χ2n) is 3.08. The highest BCUT2D eigenvalue weighted by Crippen LogP contribution is 2.20. The van der Waals surface area contributed by atoms with Crippen molar-refractivity contribution in [3.63, 3.8) is 0 Å². The number of hydrogen-bond acceptors (Lipinski definition) is 3. The first-order valence-electron chi connectivity index (χ1n) is 4.21. The van der Waals surface area contributed by atoms with Gasteiger partial charge in [0.1, 0.15) is 6.23 Å². The van der Waals surface area contributed by atoms with Crippen LogP contribution in [0.3, 0.4) is 0 Å². The van der Waals surface area contributed by atoms with E-state index in [2.05, 4.69) is 5.32 Å². The molecule has 2 rings (SSSR count). The highest BCUT2D eigenvalue weighted by Gasteiger charge is 2.17. The summed E-state index contributed by atoms with van der Waals surface area (Å²) >= 11 is 0. The molecular formula is C10H11NO2. The van der Waals surface area contributed by atoms with Crippen molar-refractivity contribution in [1.29, 1.82) is 0 Å². The van der Waals surface area contributed by atoms with E-state index < -0.39 is 0 Å². The lowest BCUT2D eigenvalue weighted by Gasteiger charge is -2.23. The summed E-state index contributed by atoms with van der Waals surface area (Å²) in [6, 6.07) is 0. The average Bonchev–Trinajstić information content (AvgIpc) is 2.17. The number of ether oxygens (including phenoxy) is 1. The number of dihydropyridines is 1. The van der Waals surface area contributed by atoms with Gasteiger partial charge in [-0.2, -0.15) is 0 Å². The third kappa shape index (κ3) is 1.55. The van der Waals surface area contributed by atoms with Gasteiger partial charge in [0, 0.05) is 19.2 Å². The van der Waals surface area contributed by atoms with Crippen molar-refractivity contribution < 1.29 is 9.53 Å². The van der Waals surface area contributed by atoms with Crippen molar-refractivity contribution in [2.75, 3.05) is 7.11 Å². The van der Waals surface area contributed by atoms with Gasteiger partial charge in [-0.05, 0) is 23.8 Å². The fourth-order valence-corrected chi connectivity index (χ4v) is 1.46. The first-order chi connectivity index (χ1) is 6.29. The minimum Gasteiger partial charge on any atom is -0.358 e. The molecule has 0 saturated heterocycles. The van der Waals surface area contributed by atoms with Crippen LogP contribution in [0.5, 0.6) is 0 Å². The Morgan fingerprint density at radius 3 is 3.08 bits per heavy atom. The number of methoxy groups -OCH3 is 1.